The highest BCUT2D eigenvalue weighted by molar-refractivity contribution is 6.22. The Morgan fingerprint density at radius 3 is 2.58 bits per heavy atom. The molecule has 24 heavy (non-hydrogen) atoms. The minimum absolute atomic E-state index is 0.0592. The molecule has 2 N–H and O–H groups in total. The maximum atomic E-state index is 12.9. The van der Waals surface area contributed by atoms with Gasteiger partial charge in [-0.3, -0.25) is 9.59 Å². The van der Waals surface area contributed by atoms with E-state index < -0.39 is 47.6 Å². The van der Waals surface area contributed by atoms with Gasteiger partial charge in [0.1, 0.15) is 6.61 Å². The third kappa shape index (κ3) is 2.02. The summed E-state index contributed by atoms with van der Waals surface area (Å²) in [6, 6.07) is 4.24. The lowest BCUT2D eigenvalue weighted by Crippen LogP contribution is -2.37. The third-order valence-corrected chi connectivity index (χ3v) is 5.18. The first-order chi connectivity index (χ1) is 11.3. The molecular formula is C16H15F3NO4+. The predicted octanol–water partition coefficient (Wildman–Crippen LogP) is 1.32. The van der Waals surface area contributed by atoms with E-state index in [2.05, 4.69) is 0 Å². The number of nitrogens with zero attached hydrogens (tertiary/aromatic N) is 1. The summed E-state index contributed by atoms with van der Waals surface area (Å²) < 4.78 is 44.3. The fourth-order valence-electron chi connectivity index (χ4n) is 4.13. The zero-order chi connectivity index (χ0) is 17.2. The summed E-state index contributed by atoms with van der Waals surface area (Å²) in [5.74, 6) is -2.44. The topological polar surface area (TPSA) is 69.5 Å². The van der Waals surface area contributed by atoms with Gasteiger partial charge in [0.2, 0.25) is 11.8 Å². The summed E-state index contributed by atoms with van der Waals surface area (Å²) in [6.07, 6.45) is -4.90. The average Bonchev–Trinajstić information content (AvgIpc) is 3.18. The molecular weight excluding hydrogens is 327 g/mol. The minimum Gasteiger partial charge on any atom is -0.445 e. The number of benzene rings is 1. The fourth-order valence-corrected chi connectivity index (χ4v) is 4.13. The van der Waals surface area contributed by atoms with E-state index in [-0.39, 0.29) is 18.2 Å². The quantitative estimate of drug-likeness (QED) is 0.601. The Hall–Kier alpha value is -1.93. The van der Waals surface area contributed by atoms with Gasteiger partial charge in [-0.15, -0.1) is 0 Å². The van der Waals surface area contributed by atoms with Gasteiger partial charge in [-0.1, -0.05) is 6.07 Å². The largest absolute Gasteiger partial charge is 0.445 e. The van der Waals surface area contributed by atoms with Gasteiger partial charge in [0.05, 0.1) is 41.2 Å². The fraction of sp³-hybridized carbons (Fsp3) is 0.500. The lowest BCUT2D eigenvalue weighted by molar-refractivity contribution is -0.137. The van der Waals surface area contributed by atoms with Gasteiger partial charge in [0, 0.05) is 0 Å². The van der Waals surface area contributed by atoms with Crippen molar-refractivity contribution in [2.45, 2.75) is 24.8 Å². The van der Waals surface area contributed by atoms with Crippen molar-refractivity contribution in [2.24, 2.45) is 17.8 Å². The van der Waals surface area contributed by atoms with E-state index in [9.17, 15) is 22.8 Å². The number of amides is 2. The Morgan fingerprint density at radius 1 is 1.21 bits per heavy atom. The van der Waals surface area contributed by atoms with Crippen LogP contribution in [0.4, 0.5) is 18.9 Å². The third-order valence-electron chi connectivity index (χ3n) is 5.18. The zero-order valence-corrected chi connectivity index (χ0v) is 12.4. The Bertz CT molecular complexity index is 720. The molecule has 0 saturated carbocycles. The number of rotatable bonds is 2. The molecule has 3 unspecified atom stereocenters. The van der Waals surface area contributed by atoms with Crippen LogP contribution in [-0.2, 0) is 20.5 Å². The van der Waals surface area contributed by atoms with Gasteiger partial charge in [0.25, 0.3) is 0 Å². The molecule has 0 radical (unpaired) electrons. The molecule has 2 bridgehead atoms. The van der Waals surface area contributed by atoms with Crippen molar-refractivity contribution in [1.82, 2.24) is 0 Å². The number of alkyl halides is 3. The summed E-state index contributed by atoms with van der Waals surface area (Å²) in [5, 5.41) is 7.52. The molecule has 0 aliphatic carbocycles. The maximum Gasteiger partial charge on any atom is 0.416 e. The molecule has 0 aromatic heterocycles. The molecule has 1 aromatic rings. The second kappa shape index (κ2) is 5.03. The van der Waals surface area contributed by atoms with E-state index in [0.717, 1.165) is 17.0 Å². The zero-order valence-electron chi connectivity index (χ0n) is 12.4. The van der Waals surface area contributed by atoms with E-state index in [4.69, 9.17) is 9.84 Å². The van der Waals surface area contributed by atoms with E-state index >= 15 is 0 Å². The van der Waals surface area contributed by atoms with E-state index in [1.165, 1.54) is 12.1 Å². The molecule has 3 aliphatic rings. The van der Waals surface area contributed by atoms with Gasteiger partial charge < -0.3 is 9.84 Å². The molecule has 3 saturated heterocycles. The monoisotopic (exact) mass is 342 g/mol. The second-order valence-corrected chi connectivity index (χ2v) is 6.45. The lowest BCUT2D eigenvalue weighted by atomic mass is 9.75. The molecule has 3 aliphatic heterocycles. The van der Waals surface area contributed by atoms with Crippen molar-refractivity contribution < 1.29 is 32.6 Å². The van der Waals surface area contributed by atoms with Crippen LogP contribution in [0.5, 0.6) is 0 Å². The molecule has 0 spiro atoms. The van der Waals surface area contributed by atoms with Crippen LogP contribution in [0.25, 0.3) is 0 Å². The standard InChI is InChI=1S/C16H14F3NO4/c17-16(18,19)8-2-1-3-9(5-8)20-14(22)11-10-4-7(6-21)13(24-10)12(11)15(20)23/h1-3,5,7,10-13,21H,4,6H2/p+1/t7?,10?,11-,12-,13?/m0/s1. The van der Waals surface area contributed by atoms with E-state index in [1.54, 1.807) is 0 Å². The van der Waals surface area contributed by atoms with Crippen molar-refractivity contribution >= 4 is 17.5 Å². The van der Waals surface area contributed by atoms with Crippen LogP contribution < -0.4 is 4.90 Å². The van der Waals surface area contributed by atoms with Crippen molar-refractivity contribution in [3.05, 3.63) is 29.8 Å². The molecule has 8 heteroatoms. The number of hydrogen-bond acceptors (Lipinski definition) is 3. The second-order valence-electron chi connectivity index (χ2n) is 6.45. The van der Waals surface area contributed by atoms with E-state index in [1.807, 2.05) is 0 Å². The summed E-state index contributed by atoms with van der Waals surface area (Å²) in [5.41, 5.74) is -0.961. The first-order valence-corrected chi connectivity index (χ1v) is 7.68. The molecule has 3 heterocycles. The highest BCUT2D eigenvalue weighted by Crippen LogP contribution is 2.51. The summed E-state index contributed by atoms with van der Waals surface area (Å²) in [4.78, 5) is 26.2. The Balaban J connectivity index is 1.69. The number of carbonyl (C=O) groups excluding carboxylic acids is 2. The predicted molar refractivity (Wildman–Crippen MR) is 76.2 cm³/mol. The van der Waals surface area contributed by atoms with Crippen molar-refractivity contribution in [3.8, 4) is 0 Å². The van der Waals surface area contributed by atoms with Crippen molar-refractivity contribution in [1.29, 1.82) is 0 Å². The molecule has 1 aromatic carbocycles. The van der Waals surface area contributed by atoms with Crippen LogP contribution in [-0.4, -0.2) is 35.7 Å². The number of hydrogen-bond donors (Lipinski definition) is 0. The number of halogens is 3. The van der Waals surface area contributed by atoms with Gasteiger partial charge in [0.15, 0.2) is 0 Å². The number of imide groups is 1. The van der Waals surface area contributed by atoms with Crippen LogP contribution in [0.15, 0.2) is 24.3 Å². The summed E-state index contributed by atoms with van der Waals surface area (Å²) >= 11 is 0. The van der Waals surface area contributed by atoms with E-state index in [0.29, 0.717) is 6.42 Å². The smallest absolute Gasteiger partial charge is 0.416 e. The Morgan fingerprint density at radius 2 is 1.92 bits per heavy atom. The lowest BCUT2D eigenvalue weighted by Gasteiger charge is -2.21. The van der Waals surface area contributed by atoms with Gasteiger partial charge in [-0.25, -0.2) is 4.90 Å². The van der Waals surface area contributed by atoms with Crippen LogP contribution in [0.3, 0.4) is 0 Å². The first kappa shape index (κ1) is 15.6. The molecule has 2 amide bonds. The first-order valence-electron chi connectivity index (χ1n) is 7.68. The molecule has 5 atom stereocenters. The van der Waals surface area contributed by atoms with Crippen LogP contribution in [0, 0.1) is 17.8 Å². The maximum absolute atomic E-state index is 12.9. The molecule has 4 rings (SSSR count). The van der Waals surface area contributed by atoms with Crippen LogP contribution in [0.2, 0.25) is 0 Å². The highest BCUT2D eigenvalue weighted by atomic mass is 19.4. The minimum atomic E-state index is -4.55. The number of carbonyl (C=O) groups is 2. The normalized spacial score (nSPS) is 35.0. The number of fused-ring (bicyclic) bond motifs is 5. The number of anilines is 1. The Labute approximate surface area is 135 Å². The summed E-state index contributed by atoms with van der Waals surface area (Å²) in [7, 11) is 0. The van der Waals surface area contributed by atoms with Gasteiger partial charge in [-0.2, -0.15) is 13.2 Å². The Kier molecular flexibility index (Phi) is 3.27. The van der Waals surface area contributed by atoms with Gasteiger partial charge >= 0.3 is 6.18 Å². The number of ether oxygens (including phenoxy) is 1. The van der Waals surface area contributed by atoms with Crippen molar-refractivity contribution in [3.63, 3.8) is 0 Å². The van der Waals surface area contributed by atoms with Crippen LogP contribution >= 0.6 is 0 Å². The average molecular weight is 342 g/mol. The van der Waals surface area contributed by atoms with Gasteiger partial charge in [-0.05, 0) is 24.6 Å². The van der Waals surface area contributed by atoms with Crippen LogP contribution in [0.1, 0.15) is 12.0 Å². The summed E-state index contributed by atoms with van der Waals surface area (Å²) in [6.45, 7) is 0.107. The SMILES string of the molecule is O=C1[C@@H]2C3OC(CC3C[OH2+])[C@@H]2C(=O)N1c1cccc(C(F)(F)F)c1. The van der Waals surface area contributed by atoms with Crippen molar-refractivity contribution in [2.75, 3.05) is 11.5 Å². The highest BCUT2D eigenvalue weighted by Gasteiger charge is 2.65. The molecule has 5 nitrogen and oxygen atoms in total. The molecule has 3 fully saturated rings. The molecule has 128 valence electrons.